The van der Waals surface area contributed by atoms with Gasteiger partial charge in [0, 0.05) is 30.9 Å². The van der Waals surface area contributed by atoms with E-state index in [1.807, 2.05) is 12.3 Å². The van der Waals surface area contributed by atoms with Crippen molar-refractivity contribution in [2.45, 2.75) is 44.6 Å². The van der Waals surface area contributed by atoms with Gasteiger partial charge in [-0.3, -0.25) is 19.5 Å². The molecule has 0 aromatic carbocycles. The van der Waals surface area contributed by atoms with Crippen molar-refractivity contribution < 1.29 is 9.18 Å². The third-order valence-electron chi connectivity index (χ3n) is 6.74. The lowest BCUT2D eigenvalue weighted by molar-refractivity contribution is 0.0957. The van der Waals surface area contributed by atoms with E-state index in [1.165, 1.54) is 7.05 Å². The Morgan fingerprint density at radius 1 is 1.25 bits per heavy atom. The Bertz CT molecular complexity index is 1250. The van der Waals surface area contributed by atoms with Crippen LogP contribution >= 0.6 is 0 Å². The summed E-state index contributed by atoms with van der Waals surface area (Å²) in [5, 5.41) is 2.46. The fourth-order valence-corrected chi connectivity index (χ4v) is 5.05. The lowest BCUT2D eigenvalue weighted by Crippen LogP contribution is -2.33. The third-order valence-corrected chi connectivity index (χ3v) is 6.74. The van der Waals surface area contributed by atoms with E-state index >= 15 is 0 Å². The molecule has 0 spiro atoms. The molecule has 1 aliphatic heterocycles. The first kappa shape index (κ1) is 20.8. The van der Waals surface area contributed by atoms with Crippen molar-refractivity contribution in [2.24, 2.45) is 0 Å². The summed E-state index contributed by atoms with van der Waals surface area (Å²) in [7, 11) is 1.50. The summed E-state index contributed by atoms with van der Waals surface area (Å²) < 4.78 is 14.5. The number of fused-ring (bicyclic) bond motifs is 3. The fraction of sp³-hybridized carbons (Fsp3) is 0.417. The number of likely N-dealkylation sites (tertiary alicyclic amines) is 1. The zero-order valence-corrected chi connectivity index (χ0v) is 18.1. The van der Waals surface area contributed by atoms with Gasteiger partial charge in [0.2, 0.25) is 5.95 Å². The molecule has 3 aromatic heterocycles. The van der Waals surface area contributed by atoms with Crippen molar-refractivity contribution in [1.29, 1.82) is 0 Å². The number of carbonyl (C=O) groups excluding carboxylic acids is 1. The number of nitrogens with one attached hydrogen (secondary N) is 2. The molecule has 8 heteroatoms. The monoisotopic (exact) mass is 435 g/mol. The van der Waals surface area contributed by atoms with Crippen molar-refractivity contribution in [3.8, 4) is 0 Å². The van der Waals surface area contributed by atoms with Gasteiger partial charge in [0.15, 0.2) is 0 Å². The first-order chi connectivity index (χ1) is 15.5. The Morgan fingerprint density at radius 2 is 2.03 bits per heavy atom. The van der Waals surface area contributed by atoms with Crippen LogP contribution in [0.25, 0.3) is 11.0 Å². The van der Waals surface area contributed by atoms with Crippen LogP contribution in [-0.2, 0) is 19.4 Å². The highest BCUT2D eigenvalue weighted by Crippen LogP contribution is 2.30. The summed E-state index contributed by atoms with van der Waals surface area (Å²) in [5.74, 6) is -0.855. The average Bonchev–Trinajstić information content (AvgIpc) is 3.30. The summed E-state index contributed by atoms with van der Waals surface area (Å²) in [4.78, 5) is 37.8. The number of carbonyl (C=O) groups is 1. The van der Waals surface area contributed by atoms with Gasteiger partial charge in [0.05, 0.1) is 11.0 Å². The minimum Gasteiger partial charge on any atom is -0.354 e. The average molecular weight is 436 g/mol. The number of pyridine rings is 3. The zero-order chi connectivity index (χ0) is 22.2. The van der Waals surface area contributed by atoms with Gasteiger partial charge in [-0.1, -0.05) is 6.07 Å². The molecule has 0 radical (unpaired) electrons. The quantitative estimate of drug-likeness (QED) is 0.615. The predicted molar refractivity (Wildman–Crippen MR) is 119 cm³/mol. The molecule has 5 rings (SSSR count). The topological polar surface area (TPSA) is 91.0 Å². The standard InChI is InChI=1S/C24H26FN5O2/c1-26-24(32)19-6-5-16(22(25)28-19)15-7-9-30(10-8-15)13-14-11-20-21(27-12-14)17-3-2-4-18(17)23(31)29-20/h5-6,11-12,15H,2-4,7-10,13H2,1H3,(H,26,32)(H,29,31). The Morgan fingerprint density at radius 3 is 2.78 bits per heavy atom. The van der Waals surface area contributed by atoms with Crippen LogP contribution in [0, 0.1) is 5.95 Å². The molecule has 0 bridgehead atoms. The molecule has 3 aromatic rings. The lowest BCUT2D eigenvalue weighted by Gasteiger charge is -2.32. The van der Waals surface area contributed by atoms with E-state index in [4.69, 9.17) is 0 Å². The Hall–Kier alpha value is -3.13. The van der Waals surface area contributed by atoms with Crippen LogP contribution in [0.3, 0.4) is 0 Å². The molecule has 0 unspecified atom stereocenters. The molecule has 2 N–H and O–H groups in total. The SMILES string of the molecule is CNC(=O)c1ccc(C2CCN(Cc3cnc4c5c(c(=O)[nH]c4c3)CCC5)CC2)c(F)n1. The number of piperidine rings is 1. The van der Waals surface area contributed by atoms with E-state index in [-0.39, 0.29) is 23.1 Å². The van der Waals surface area contributed by atoms with E-state index in [9.17, 15) is 14.0 Å². The van der Waals surface area contributed by atoms with E-state index < -0.39 is 5.95 Å². The summed E-state index contributed by atoms with van der Waals surface area (Å²) in [6, 6.07) is 5.31. The number of amides is 1. The molecule has 0 atom stereocenters. The molecule has 166 valence electrons. The van der Waals surface area contributed by atoms with Crippen LogP contribution in [0.1, 0.15) is 57.9 Å². The number of aromatic amines is 1. The first-order valence-electron chi connectivity index (χ1n) is 11.2. The van der Waals surface area contributed by atoms with Gasteiger partial charge in [0.25, 0.3) is 11.5 Å². The zero-order valence-electron chi connectivity index (χ0n) is 18.1. The fourth-order valence-electron chi connectivity index (χ4n) is 5.05. The van der Waals surface area contributed by atoms with Crippen LogP contribution in [0.2, 0.25) is 0 Å². The number of hydrogen-bond donors (Lipinski definition) is 2. The number of H-pyrrole nitrogens is 1. The van der Waals surface area contributed by atoms with Gasteiger partial charge in [-0.25, -0.2) is 4.98 Å². The highest BCUT2D eigenvalue weighted by atomic mass is 19.1. The molecule has 0 saturated carbocycles. The molecule has 1 fully saturated rings. The Kier molecular flexibility index (Phi) is 5.46. The number of hydrogen-bond acceptors (Lipinski definition) is 5. The van der Waals surface area contributed by atoms with Crippen molar-refractivity contribution in [1.82, 2.24) is 25.2 Å². The second-order valence-electron chi connectivity index (χ2n) is 8.71. The summed E-state index contributed by atoms with van der Waals surface area (Å²) >= 11 is 0. The second kappa shape index (κ2) is 8.43. The van der Waals surface area contributed by atoms with Crippen LogP contribution in [0.15, 0.2) is 29.2 Å². The maximum atomic E-state index is 14.5. The van der Waals surface area contributed by atoms with Crippen molar-refractivity contribution in [2.75, 3.05) is 20.1 Å². The van der Waals surface area contributed by atoms with Gasteiger partial charge >= 0.3 is 0 Å². The van der Waals surface area contributed by atoms with Crippen LogP contribution in [-0.4, -0.2) is 45.9 Å². The summed E-state index contributed by atoms with van der Waals surface area (Å²) in [6.45, 7) is 2.41. The number of aromatic nitrogens is 3. The number of aryl methyl sites for hydroxylation is 1. The number of nitrogens with zero attached hydrogens (tertiary/aromatic N) is 3. The minimum absolute atomic E-state index is 0.0165. The van der Waals surface area contributed by atoms with Gasteiger partial charge in [-0.2, -0.15) is 4.39 Å². The van der Waals surface area contributed by atoms with E-state index in [2.05, 4.69) is 25.2 Å². The molecule has 4 heterocycles. The maximum absolute atomic E-state index is 14.5. The van der Waals surface area contributed by atoms with E-state index in [0.717, 1.165) is 79.5 Å². The van der Waals surface area contributed by atoms with Crippen LogP contribution in [0.4, 0.5) is 4.39 Å². The molecule has 2 aliphatic rings. The van der Waals surface area contributed by atoms with Gasteiger partial charge < -0.3 is 10.3 Å². The highest BCUT2D eigenvalue weighted by molar-refractivity contribution is 5.91. The van der Waals surface area contributed by atoms with Crippen LogP contribution < -0.4 is 10.9 Å². The van der Waals surface area contributed by atoms with Crippen molar-refractivity contribution >= 4 is 16.9 Å². The predicted octanol–water partition coefficient (Wildman–Crippen LogP) is 2.69. The molecule has 32 heavy (non-hydrogen) atoms. The minimum atomic E-state index is -0.556. The third kappa shape index (κ3) is 3.79. The number of halogens is 1. The number of rotatable bonds is 4. The Labute approximate surface area is 185 Å². The smallest absolute Gasteiger partial charge is 0.269 e. The van der Waals surface area contributed by atoms with Gasteiger partial charge in [-0.05, 0) is 74.4 Å². The van der Waals surface area contributed by atoms with E-state index in [1.54, 1.807) is 12.1 Å². The maximum Gasteiger partial charge on any atom is 0.269 e. The van der Waals surface area contributed by atoms with E-state index in [0.29, 0.717) is 5.56 Å². The highest BCUT2D eigenvalue weighted by Gasteiger charge is 2.25. The normalized spacial score (nSPS) is 16.9. The largest absolute Gasteiger partial charge is 0.354 e. The second-order valence-corrected chi connectivity index (χ2v) is 8.71. The Balaban J connectivity index is 1.26. The first-order valence-corrected chi connectivity index (χ1v) is 11.2. The molecule has 7 nitrogen and oxygen atoms in total. The van der Waals surface area contributed by atoms with Gasteiger partial charge in [0.1, 0.15) is 5.69 Å². The van der Waals surface area contributed by atoms with Crippen molar-refractivity contribution in [3.05, 3.63) is 68.6 Å². The van der Waals surface area contributed by atoms with Gasteiger partial charge in [-0.15, -0.1) is 0 Å². The van der Waals surface area contributed by atoms with Crippen molar-refractivity contribution in [3.63, 3.8) is 0 Å². The molecule has 1 saturated heterocycles. The molecule has 1 aliphatic carbocycles. The summed E-state index contributed by atoms with van der Waals surface area (Å²) in [5.41, 5.74) is 5.49. The molecular formula is C24H26FN5O2. The van der Waals surface area contributed by atoms with Crippen LogP contribution in [0.5, 0.6) is 0 Å². The molecule has 1 amide bonds. The lowest BCUT2D eigenvalue weighted by atomic mass is 9.90. The molecular weight excluding hydrogens is 409 g/mol. The summed E-state index contributed by atoms with van der Waals surface area (Å²) in [6.07, 6.45) is 6.33.